The van der Waals surface area contributed by atoms with Crippen LogP contribution in [0.2, 0.25) is 0 Å². The van der Waals surface area contributed by atoms with E-state index in [1.807, 2.05) is 25.1 Å². The van der Waals surface area contributed by atoms with E-state index in [-0.39, 0.29) is 0 Å². The molecular formula is C12H18Cl2CuN4S. The van der Waals surface area contributed by atoms with Gasteiger partial charge in [0.15, 0.2) is 17.3 Å². The SMILES string of the molecule is CCC(C)NC(=[SH+])[N-]N=C(C)c1ccccn1.[Cl][Cu][Cl]. The van der Waals surface area contributed by atoms with Crippen LogP contribution in [0.25, 0.3) is 5.43 Å². The molecule has 0 radical (unpaired) electrons. The Morgan fingerprint density at radius 2 is 2.20 bits per heavy atom. The Morgan fingerprint density at radius 3 is 2.70 bits per heavy atom. The molecule has 1 heterocycles. The van der Waals surface area contributed by atoms with E-state index in [2.05, 4.69) is 67.1 Å². The van der Waals surface area contributed by atoms with Gasteiger partial charge in [0.25, 0.3) is 0 Å². The Balaban J connectivity index is 0.00000110. The summed E-state index contributed by atoms with van der Waals surface area (Å²) in [6.07, 6.45) is 2.75. The molecule has 0 saturated heterocycles. The molecule has 0 aromatic carbocycles. The zero-order chi connectivity index (χ0) is 15.4. The molecule has 1 rings (SSSR count). The van der Waals surface area contributed by atoms with Gasteiger partial charge >= 0.3 is 33.3 Å². The van der Waals surface area contributed by atoms with Crippen molar-refractivity contribution in [2.75, 3.05) is 0 Å². The van der Waals surface area contributed by atoms with Crippen molar-refractivity contribution in [2.24, 2.45) is 5.10 Å². The van der Waals surface area contributed by atoms with Gasteiger partial charge in [0.1, 0.15) is 0 Å². The van der Waals surface area contributed by atoms with Crippen molar-refractivity contribution in [1.82, 2.24) is 10.3 Å². The van der Waals surface area contributed by atoms with Crippen LogP contribution in [0.15, 0.2) is 29.5 Å². The number of halogens is 2. The maximum atomic E-state index is 4.67. The molecule has 0 aliphatic carbocycles. The maximum absolute atomic E-state index is 4.67. The Bertz CT molecular complexity index is 417. The summed E-state index contributed by atoms with van der Waals surface area (Å²) >= 11 is 4.98. The van der Waals surface area contributed by atoms with Gasteiger partial charge in [-0.15, -0.1) is 0 Å². The third-order valence-corrected chi connectivity index (χ3v) is 2.54. The van der Waals surface area contributed by atoms with E-state index in [4.69, 9.17) is 0 Å². The molecule has 117 valence electrons. The summed E-state index contributed by atoms with van der Waals surface area (Å²) in [4.78, 5) is 4.19. The number of hydrogen-bond acceptors (Lipinski definition) is 2. The van der Waals surface area contributed by atoms with Crippen molar-refractivity contribution in [3.05, 3.63) is 35.5 Å². The van der Waals surface area contributed by atoms with E-state index in [1.54, 1.807) is 6.20 Å². The predicted molar refractivity (Wildman–Crippen MR) is 88.2 cm³/mol. The summed E-state index contributed by atoms with van der Waals surface area (Å²) in [5.41, 5.74) is 5.59. The normalized spacial score (nSPS) is 12.3. The molecule has 0 bridgehead atoms. The molecule has 0 saturated carbocycles. The molecule has 4 nitrogen and oxygen atoms in total. The zero-order valence-electron chi connectivity index (χ0n) is 11.4. The molecule has 0 fully saturated rings. The van der Waals surface area contributed by atoms with Gasteiger partial charge in [-0.25, -0.2) is 0 Å². The van der Waals surface area contributed by atoms with Crippen LogP contribution in [-0.2, 0) is 25.4 Å². The van der Waals surface area contributed by atoms with Crippen molar-refractivity contribution in [2.45, 2.75) is 33.2 Å². The van der Waals surface area contributed by atoms with Gasteiger partial charge in [-0.2, -0.15) is 0 Å². The van der Waals surface area contributed by atoms with Crippen molar-refractivity contribution in [3.8, 4) is 0 Å². The molecule has 1 aromatic rings. The molecule has 1 unspecified atom stereocenters. The summed E-state index contributed by atoms with van der Waals surface area (Å²) < 4.78 is 0. The third kappa shape index (κ3) is 9.64. The summed E-state index contributed by atoms with van der Waals surface area (Å²) in [5.74, 6) is 0. The predicted octanol–water partition coefficient (Wildman–Crippen LogP) is 3.31. The second-order valence-electron chi connectivity index (χ2n) is 3.82. The Kier molecular flexibility index (Phi) is 12.4. The second kappa shape index (κ2) is 12.5. The molecule has 0 amide bonds. The topological polar surface area (TPSA) is 51.4 Å². The monoisotopic (exact) mass is 383 g/mol. The first-order valence-electron chi connectivity index (χ1n) is 5.85. The van der Waals surface area contributed by atoms with Gasteiger partial charge in [0.05, 0.1) is 5.69 Å². The Hall–Kier alpha value is -0.231. The molecule has 1 N–H and O–H groups in total. The first-order valence-corrected chi connectivity index (χ1v) is 8.89. The Labute approximate surface area is 140 Å². The zero-order valence-corrected chi connectivity index (χ0v) is 14.8. The molecule has 20 heavy (non-hydrogen) atoms. The molecule has 8 heteroatoms. The molecule has 0 spiro atoms. The van der Waals surface area contributed by atoms with Crippen LogP contribution in [-0.4, -0.2) is 21.8 Å². The molecule has 1 aromatic heterocycles. The average molecular weight is 385 g/mol. The van der Waals surface area contributed by atoms with Crippen LogP contribution in [0.3, 0.4) is 0 Å². The number of thiol groups is 1. The van der Waals surface area contributed by atoms with E-state index < -0.39 is 0 Å². The first kappa shape index (κ1) is 19.8. The van der Waals surface area contributed by atoms with Crippen molar-refractivity contribution < 1.29 is 13.1 Å². The van der Waals surface area contributed by atoms with Gasteiger partial charge in [-0.05, 0) is 32.4 Å². The van der Waals surface area contributed by atoms with E-state index in [1.165, 1.54) is 0 Å². The standard InChI is InChI=1S/C12H18N4S.2ClH.Cu/c1-4-9(2)14-12(17)16-15-10(3)11-7-5-6-8-13-11;;;/h5-9H,4H2,1-3H3,(H2,13,14,16,17);2*1H;/q;;;+2/p-2. The minimum absolute atomic E-state index is 0.344. The summed E-state index contributed by atoms with van der Waals surface area (Å²) in [7, 11) is 9.34. The van der Waals surface area contributed by atoms with Crippen molar-refractivity contribution in [1.29, 1.82) is 0 Å². The van der Waals surface area contributed by atoms with E-state index >= 15 is 0 Å². The van der Waals surface area contributed by atoms with Crippen LogP contribution in [0.5, 0.6) is 0 Å². The van der Waals surface area contributed by atoms with Gasteiger partial charge in [-0.3, -0.25) is 10.3 Å². The van der Waals surface area contributed by atoms with Crippen molar-refractivity contribution >= 4 is 43.2 Å². The number of pyridine rings is 1. The van der Waals surface area contributed by atoms with E-state index in [9.17, 15) is 0 Å². The van der Waals surface area contributed by atoms with Crippen LogP contribution >= 0.6 is 20.2 Å². The third-order valence-electron chi connectivity index (χ3n) is 2.32. The molecule has 1 atom stereocenters. The van der Waals surface area contributed by atoms with Crippen LogP contribution in [0.1, 0.15) is 32.9 Å². The number of nitrogens with one attached hydrogen (secondary N) is 1. The molecule has 0 aliphatic heterocycles. The van der Waals surface area contributed by atoms with Crippen LogP contribution in [0.4, 0.5) is 0 Å². The molecular weight excluding hydrogens is 367 g/mol. The minimum atomic E-state index is 0.344. The van der Waals surface area contributed by atoms with Gasteiger partial charge in [0.2, 0.25) is 0 Å². The fourth-order valence-electron chi connectivity index (χ4n) is 1.10. The summed E-state index contributed by atoms with van der Waals surface area (Å²) in [6, 6.07) is 6.03. The number of hydrogen-bond donors (Lipinski definition) is 1. The van der Waals surface area contributed by atoms with E-state index in [0.29, 0.717) is 11.2 Å². The van der Waals surface area contributed by atoms with Gasteiger partial charge < -0.3 is 10.5 Å². The van der Waals surface area contributed by atoms with Gasteiger partial charge in [-0.1, -0.05) is 13.0 Å². The first-order chi connectivity index (χ1) is 9.54. The van der Waals surface area contributed by atoms with Crippen LogP contribution in [0, 0.1) is 0 Å². The summed E-state index contributed by atoms with van der Waals surface area (Å²) in [6.45, 7) is 6.04. The second-order valence-corrected chi connectivity index (χ2v) is 5.80. The summed E-state index contributed by atoms with van der Waals surface area (Å²) in [5, 5.41) is 7.73. The van der Waals surface area contributed by atoms with Gasteiger partial charge in [0, 0.05) is 18.0 Å². The Morgan fingerprint density at radius 1 is 1.55 bits per heavy atom. The fraction of sp³-hybridized carbons (Fsp3) is 0.417. The van der Waals surface area contributed by atoms with Crippen molar-refractivity contribution in [3.63, 3.8) is 0 Å². The fourth-order valence-corrected chi connectivity index (χ4v) is 1.37. The van der Waals surface area contributed by atoms with E-state index in [0.717, 1.165) is 31.0 Å². The van der Waals surface area contributed by atoms with Crippen LogP contribution < -0.4 is 5.32 Å². The quantitative estimate of drug-likeness (QED) is 0.216. The number of aromatic nitrogens is 1. The molecule has 0 aliphatic rings. The number of rotatable bonds is 4. The number of nitrogens with zero attached hydrogens (tertiary/aromatic N) is 3. The average Bonchev–Trinajstić information content (AvgIpc) is 2.46.